The normalized spacial score (nSPS) is 20.4. The van der Waals surface area contributed by atoms with Crippen LogP contribution in [0, 0.1) is 6.92 Å². The minimum absolute atomic E-state index is 0.101. The van der Waals surface area contributed by atoms with Gasteiger partial charge in [0.2, 0.25) is 10.0 Å². The Labute approximate surface area is 115 Å². The maximum Gasteiger partial charge on any atom is 0.213 e. The van der Waals surface area contributed by atoms with Crippen LogP contribution in [0.3, 0.4) is 0 Å². The van der Waals surface area contributed by atoms with Crippen molar-refractivity contribution in [2.75, 3.05) is 12.3 Å². The molecule has 1 aliphatic rings. The molecule has 0 aromatic heterocycles. The van der Waals surface area contributed by atoms with Gasteiger partial charge < -0.3 is 5.32 Å². The molecule has 0 bridgehead atoms. The van der Waals surface area contributed by atoms with E-state index in [-0.39, 0.29) is 11.8 Å². The van der Waals surface area contributed by atoms with Crippen LogP contribution in [-0.4, -0.2) is 26.8 Å². The van der Waals surface area contributed by atoms with E-state index in [0.29, 0.717) is 6.54 Å². The number of rotatable bonds is 5. The van der Waals surface area contributed by atoms with Crippen molar-refractivity contribution in [3.63, 3.8) is 0 Å². The molecule has 0 aliphatic carbocycles. The van der Waals surface area contributed by atoms with Crippen molar-refractivity contribution in [3.8, 4) is 0 Å². The summed E-state index contributed by atoms with van der Waals surface area (Å²) in [5.74, 6) is 0.179. The highest BCUT2D eigenvalue weighted by atomic mass is 32.2. The van der Waals surface area contributed by atoms with Crippen LogP contribution in [0.25, 0.3) is 0 Å². The molecule has 2 N–H and O–H groups in total. The highest BCUT2D eigenvalue weighted by Crippen LogP contribution is 2.09. The molecule has 1 aromatic carbocycles. The first-order valence-electron chi connectivity index (χ1n) is 6.81. The Hall–Kier alpha value is -0.910. The Balaban J connectivity index is 1.84. The summed E-state index contributed by atoms with van der Waals surface area (Å²) in [6.07, 6.45) is 3.21. The second-order valence-electron chi connectivity index (χ2n) is 5.23. The van der Waals surface area contributed by atoms with Crippen LogP contribution in [-0.2, 0) is 16.6 Å². The molecule has 0 spiro atoms. The molecule has 4 nitrogen and oxygen atoms in total. The van der Waals surface area contributed by atoms with Crippen molar-refractivity contribution in [2.24, 2.45) is 0 Å². The number of hydrogen-bond acceptors (Lipinski definition) is 3. The van der Waals surface area contributed by atoms with Gasteiger partial charge in [-0.3, -0.25) is 0 Å². The minimum Gasteiger partial charge on any atom is -0.313 e. The van der Waals surface area contributed by atoms with E-state index in [1.807, 2.05) is 31.2 Å². The van der Waals surface area contributed by atoms with Crippen LogP contribution in [0.4, 0.5) is 0 Å². The van der Waals surface area contributed by atoms with Crippen molar-refractivity contribution < 1.29 is 8.42 Å². The first-order chi connectivity index (χ1) is 9.05. The lowest BCUT2D eigenvalue weighted by Crippen LogP contribution is -2.42. The van der Waals surface area contributed by atoms with Crippen LogP contribution in [0.15, 0.2) is 24.3 Å². The fourth-order valence-electron chi connectivity index (χ4n) is 2.29. The molecule has 2 rings (SSSR count). The van der Waals surface area contributed by atoms with E-state index in [4.69, 9.17) is 0 Å². The number of piperidine rings is 1. The van der Waals surface area contributed by atoms with Crippen molar-refractivity contribution >= 4 is 10.0 Å². The number of nitrogens with one attached hydrogen (secondary N) is 2. The van der Waals surface area contributed by atoms with Crippen LogP contribution in [0.1, 0.15) is 30.4 Å². The zero-order chi connectivity index (χ0) is 13.7. The third kappa shape index (κ3) is 4.93. The Morgan fingerprint density at radius 3 is 2.63 bits per heavy atom. The maximum atomic E-state index is 12.0. The monoisotopic (exact) mass is 282 g/mol. The summed E-state index contributed by atoms with van der Waals surface area (Å²) < 4.78 is 26.7. The van der Waals surface area contributed by atoms with Gasteiger partial charge in [0, 0.05) is 12.6 Å². The third-order valence-electron chi connectivity index (χ3n) is 3.45. The fourth-order valence-corrected chi connectivity index (χ4v) is 3.61. The molecule has 1 atom stereocenters. The second kappa shape index (κ2) is 6.50. The molecule has 0 radical (unpaired) electrons. The Kier molecular flexibility index (Phi) is 4.96. The molecule has 1 aromatic rings. The molecule has 1 heterocycles. The first-order valence-corrected chi connectivity index (χ1v) is 8.47. The van der Waals surface area contributed by atoms with Gasteiger partial charge in [0.15, 0.2) is 0 Å². The highest BCUT2D eigenvalue weighted by molar-refractivity contribution is 7.89. The molecule has 106 valence electrons. The lowest BCUT2D eigenvalue weighted by Gasteiger charge is -2.23. The summed E-state index contributed by atoms with van der Waals surface area (Å²) in [5, 5.41) is 3.26. The van der Waals surface area contributed by atoms with Crippen LogP contribution in [0.2, 0.25) is 0 Å². The predicted octanol–water partition coefficient (Wildman–Crippen LogP) is 1.56. The SMILES string of the molecule is Cc1ccc(CNS(=O)(=O)CC2CCCCN2)cc1. The number of aryl methyl sites for hydroxylation is 1. The summed E-state index contributed by atoms with van der Waals surface area (Å²) in [6, 6.07) is 8.00. The summed E-state index contributed by atoms with van der Waals surface area (Å²) in [7, 11) is -3.20. The maximum absolute atomic E-state index is 12.0. The molecule has 1 fully saturated rings. The number of benzene rings is 1. The van der Waals surface area contributed by atoms with Gasteiger partial charge in [-0.05, 0) is 31.9 Å². The van der Waals surface area contributed by atoms with Gasteiger partial charge in [0.05, 0.1) is 5.75 Å². The van der Waals surface area contributed by atoms with Gasteiger partial charge in [-0.15, -0.1) is 0 Å². The molecule has 0 saturated carbocycles. The lowest BCUT2D eigenvalue weighted by atomic mass is 10.1. The highest BCUT2D eigenvalue weighted by Gasteiger charge is 2.20. The third-order valence-corrected chi connectivity index (χ3v) is 4.88. The van der Waals surface area contributed by atoms with Crippen molar-refractivity contribution in [2.45, 2.75) is 38.8 Å². The molecule has 0 amide bonds. The van der Waals surface area contributed by atoms with Crippen molar-refractivity contribution in [1.82, 2.24) is 10.0 Å². The molecule has 1 unspecified atom stereocenters. The largest absolute Gasteiger partial charge is 0.313 e. The van der Waals surface area contributed by atoms with Crippen LogP contribution in [0.5, 0.6) is 0 Å². The second-order valence-corrected chi connectivity index (χ2v) is 7.09. The summed E-state index contributed by atoms with van der Waals surface area (Å²) >= 11 is 0. The van der Waals surface area contributed by atoms with Crippen LogP contribution < -0.4 is 10.0 Å². The van der Waals surface area contributed by atoms with Crippen molar-refractivity contribution in [3.05, 3.63) is 35.4 Å². The quantitative estimate of drug-likeness (QED) is 0.861. The van der Waals surface area contributed by atoms with E-state index in [9.17, 15) is 8.42 Å². The molecule has 1 aliphatic heterocycles. The van der Waals surface area contributed by atoms with E-state index >= 15 is 0 Å². The van der Waals surface area contributed by atoms with E-state index in [1.54, 1.807) is 0 Å². The van der Waals surface area contributed by atoms with E-state index in [0.717, 1.165) is 31.4 Å². The summed E-state index contributed by atoms with van der Waals surface area (Å²) in [6.45, 7) is 3.32. The topological polar surface area (TPSA) is 58.2 Å². The molecular weight excluding hydrogens is 260 g/mol. The Morgan fingerprint density at radius 1 is 1.26 bits per heavy atom. The Morgan fingerprint density at radius 2 is 2.00 bits per heavy atom. The van der Waals surface area contributed by atoms with Gasteiger partial charge in [-0.1, -0.05) is 36.2 Å². The predicted molar refractivity (Wildman–Crippen MR) is 77.4 cm³/mol. The molecule has 5 heteroatoms. The van der Waals surface area contributed by atoms with E-state index < -0.39 is 10.0 Å². The first kappa shape index (κ1) is 14.5. The van der Waals surface area contributed by atoms with Gasteiger partial charge >= 0.3 is 0 Å². The minimum atomic E-state index is -3.20. The average Bonchev–Trinajstić information content (AvgIpc) is 2.39. The van der Waals surface area contributed by atoms with Gasteiger partial charge in [0.25, 0.3) is 0 Å². The van der Waals surface area contributed by atoms with Crippen molar-refractivity contribution in [1.29, 1.82) is 0 Å². The molecular formula is C14H22N2O2S. The van der Waals surface area contributed by atoms with Gasteiger partial charge in [-0.2, -0.15) is 0 Å². The number of hydrogen-bond donors (Lipinski definition) is 2. The van der Waals surface area contributed by atoms with E-state index in [1.165, 1.54) is 5.56 Å². The smallest absolute Gasteiger partial charge is 0.213 e. The Bertz CT molecular complexity index is 491. The molecule has 1 saturated heterocycles. The zero-order valence-electron chi connectivity index (χ0n) is 11.4. The van der Waals surface area contributed by atoms with Crippen LogP contribution >= 0.6 is 0 Å². The fraction of sp³-hybridized carbons (Fsp3) is 0.571. The summed E-state index contributed by atoms with van der Waals surface area (Å²) in [5.41, 5.74) is 2.17. The van der Waals surface area contributed by atoms with Gasteiger partial charge in [0.1, 0.15) is 0 Å². The summed E-state index contributed by atoms with van der Waals surface area (Å²) in [4.78, 5) is 0. The molecule has 19 heavy (non-hydrogen) atoms. The average molecular weight is 282 g/mol. The standard InChI is InChI=1S/C14H22N2O2S/c1-12-5-7-13(8-6-12)10-16-19(17,18)11-14-4-2-3-9-15-14/h5-8,14-16H,2-4,9-11H2,1H3. The van der Waals surface area contributed by atoms with Gasteiger partial charge in [-0.25, -0.2) is 13.1 Å². The lowest BCUT2D eigenvalue weighted by molar-refractivity contribution is 0.422. The number of sulfonamides is 1. The van der Waals surface area contributed by atoms with E-state index in [2.05, 4.69) is 10.0 Å². The zero-order valence-corrected chi connectivity index (χ0v) is 12.2.